The molecule has 22 heavy (non-hydrogen) atoms. The van der Waals surface area contributed by atoms with Gasteiger partial charge in [0.2, 0.25) is 0 Å². The van der Waals surface area contributed by atoms with E-state index in [9.17, 15) is 9.59 Å². The number of nitrogens with zero attached hydrogens (tertiary/aromatic N) is 3. The number of carbonyl (C=O) groups is 2. The van der Waals surface area contributed by atoms with Crippen molar-refractivity contribution in [2.24, 2.45) is 0 Å². The van der Waals surface area contributed by atoms with E-state index in [0.29, 0.717) is 13.1 Å². The van der Waals surface area contributed by atoms with Crippen molar-refractivity contribution in [3.8, 4) is 0 Å². The fourth-order valence-corrected chi connectivity index (χ4v) is 3.14. The zero-order chi connectivity index (χ0) is 15.4. The van der Waals surface area contributed by atoms with E-state index < -0.39 is 0 Å². The molecule has 2 fully saturated rings. The summed E-state index contributed by atoms with van der Waals surface area (Å²) in [5.41, 5.74) is 1.29. The van der Waals surface area contributed by atoms with Gasteiger partial charge in [-0.2, -0.15) is 0 Å². The maximum Gasteiger partial charge on any atom is 0.312 e. The van der Waals surface area contributed by atoms with Gasteiger partial charge in [0.25, 0.3) is 0 Å². The molecule has 118 valence electrons. The van der Waals surface area contributed by atoms with E-state index >= 15 is 0 Å². The molecule has 0 radical (unpaired) electrons. The number of hydrogen-bond acceptors (Lipinski definition) is 3. The molecule has 3 rings (SSSR count). The van der Waals surface area contributed by atoms with Gasteiger partial charge in [0.05, 0.1) is 0 Å². The lowest BCUT2D eigenvalue weighted by Crippen LogP contribution is -2.52. The number of benzene rings is 1. The van der Waals surface area contributed by atoms with Crippen molar-refractivity contribution in [2.45, 2.75) is 19.4 Å². The van der Waals surface area contributed by atoms with Crippen LogP contribution in [0.5, 0.6) is 0 Å². The summed E-state index contributed by atoms with van der Waals surface area (Å²) in [7, 11) is 0. The highest BCUT2D eigenvalue weighted by Gasteiger charge is 2.30. The van der Waals surface area contributed by atoms with Crippen LogP contribution in [0.3, 0.4) is 0 Å². The van der Waals surface area contributed by atoms with Crippen LogP contribution in [0.1, 0.15) is 18.4 Å². The van der Waals surface area contributed by atoms with Gasteiger partial charge in [-0.1, -0.05) is 30.3 Å². The van der Waals surface area contributed by atoms with E-state index in [2.05, 4.69) is 17.0 Å². The smallest absolute Gasteiger partial charge is 0.312 e. The van der Waals surface area contributed by atoms with E-state index in [1.165, 1.54) is 5.56 Å². The third-order valence-electron chi connectivity index (χ3n) is 4.48. The Balaban J connectivity index is 1.48. The van der Waals surface area contributed by atoms with Crippen LogP contribution in [0.4, 0.5) is 0 Å². The predicted molar refractivity (Wildman–Crippen MR) is 84.1 cm³/mol. The van der Waals surface area contributed by atoms with Crippen LogP contribution in [0.15, 0.2) is 30.3 Å². The molecule has 0 saturated carbocycles. The minimum absolute atomic E-state index is 0.311. The molecular weight excluding hydrogens is 278 g/mol. The van der Waals surface area contributed by atoms with Gasteiger partial charge in [-0.05, 0) is 18.4 Å². The second kappa shape index (κ2) is 6.92. The minimum Gasteiger partial charge on any atom is -0.334 e. The Bertz CT molecular complexity index is 518. The summed E-state index contributed by atoms with van der Waals surface area (Å²) in [6, 6.07) is 10.3. The maximum absolute atomic E-state index is 12.3. The fraction of sp³-hybridized carbons (Fsp3) is 0.529. The summed E-state index contributed by atoms with van der Waals surface area (Å²) in [6.45, 7) is 5.32. The van der Waals surface area contributed by atoms with Crippen molar-refractivity contribution in [1.29, 1.82) is 0 Å². The molecule has 2 saturated heterocycles. The summed E-state index contributed by atoms with van der Waals surface area (Å²) < 4.78 is 0. The lowest BCUT2D eigenvalue weighted by molar-refractivity contribution is -0.152. The Hall–Kier alpha value is -1.88. The average Bonchev–Trinajstić information content (AvgIpc) is 3.10. The second-order valence-electron chi connectivity index (χ2n) is 6.05. The first kappa shape index (κ1) is 15.0. The van der Waals surface area contributed by atoms with Gasteiger partial charge in [0, 0.05) is 45.8 Å². The highest BCUT2D eigenvalue weighted by atomic mass is 16.2. The molecule has 0 atom stereocenters. The molecule has 0 unspecified atom stereocenters. The molecule has 2 heterocycles. The molecular formula is C17H23N3O2. The van der Waals surface area contributed by atoms with Crippen molar-refractivity contribution in [3.05, 3.63) is 35.9 Å². The number of hydrogen-bond donors (Lipinski definition) is 0. The summed E-state index contributed by atoms with van der Waals surface area (Å²) in [5, 5.41) is 0. The van der Waals surface area contributed by atoms with E-state index in [-0.39, 0.29) is 11.8 Å². The maximum atomic E-state index is 12.3. The fourth-order valence-electron chi connectivity index (χ4n) is 3.14. The Morgan fingerprint density at radius 3 is 1.91 bits per heavy atom. The Morgan fingerprint density at radius 2 is 1.32 bits per heavy atom. The van der Waals surface area contributed by atoms with E-state index in [0.717, 1.165) is 45.6 Å². The molecule has 2 amide bonds. The standard InChI is InChI=1S/C17H23N3O2/c21-16(19-8-4-5-9-19)17(22)20-12-10-18(11-13-20)14-15-6-2-1-3-7-15/h1-3,6-7H,4-5,8-14H2. The van der Waals surface area contributed by atoms with Gasteiger partial charge in [-0.15, -0.1) is 0 Å². The molecule has 2 aliphatic heterocycles. The highest BCUT2D eigenvalue weighted by molar-refractivity contribution is 6.34. The van der Waals surface area contributed by atoms with Gasteiger partial charge >= 0.3 is 11.8 Å². The third kappa shape index (κ3) is 3.47. The molecule has 5 heteroatoms. The van der Waals surface area contributed by atoms with E-state index in [4.69, 9.17) is 0 Å². The lowest BCUT2D eigenvalue weighted by atomic mass is 10.2. The summed E-state index contributed by atoms with van der Waals surface area (Å²) in [6.07, 6.45) is 2.04. The molecule has 5 nitrogen and oxygen atoms in total. The largest absolute Gasteiger partial charge is 0.334 e. The molecule has 0 bridgehead atoms. The highest BCUT2D eigenvalue weighted by Crippen LogP contribution is 2.12. The molecule has 0 N–H and O–H groups in total. The SMILES string of the molecule is O=C(C(=O)N1CCN(Cc2ccccc2)CC1)N1CCCC1. The van der Waals surface area contributed by atoms with Crippen molar-refractivity contribution in [2.75, 3.05) is 39.3 Å². The van der Waals surface area contributed by atoms with Gasteiger partial charge < -0.3 is 9.80 Å². The first-order chi connectivity index (χ1) is 10.7. The molecule has 0 aromatic heterocycles. The zero-order valence-corrected chi connectivity index (χ0v) is 12.9. The second-order valence-corrected chi connectivity index (χ2v) is 6.05. The zero-order valence-electron chi connectivity index (χ0n) is 12.9. The number of carbonyl (C=O) groups excluding carboxylic acids is 2. The van der Waals surface area contributed by atoms with Gasteiger partial charge in [0.1, 0.15) is 0 Å². The van der Waals surface area contributed by atoms with Crippen LogP contribution < -0.4 is 0 Å². The summed E-state index contributed by atoms with van der Waals surface area (Å²) in [4.78, 5) is 30.1. The number of likely N-dealkylation sites (tertiary alicyclic amines) is 1. The first-order valence-corrected chi connectivity index (χ1v) is 8.08. The molecule has 0 aliphatic carbocycles. The topological polar surface area (TPSA) is 43.9 Å². The molecule has 2 aliphatic rings. The van der Waals surface area contributed by atoms with Crippen molar-refractivity contribution >= 4 is 11.8 Å². The van der Waals surface area contributed by atoms with Gasteiger partial charge in [-0.25, -0.2) is 0 Å². The van der Waals surface area contributed by atoms with E-state index in [1.807, 2.05) is 18.2 Å². The molecule has 1 aromatic rings. The normalized spacial score (nSPS) is 19.5. The van der Waals surface area contributed by atoms with Gasteiger partial charge in [0.15, 0.2) is 0 Å². The molecule has 0 spiro atoms. The Kier molecular flexibility index (Phi) is 4.73. The van der Waals surface area contributed by atoms with Crippen LogP contribution in [0.25, 0.3) is 0 Å². The monoisotopic (exact) mass is 301 g/mol. The molecule has 1 aromatic carbocycles. The van der Waals surface area contributed by atoms with Crippen molar-refractivity contribution < 1.29 is 9.59 Å². The quantitative estimate of drug-likeness (QED) is 0.764. The van der Waals surface area contributed by atoms with Crippen LogP contribution in [-0.2, 0) is 16.1 Å². The summed E-state index contributed by atoms with van der Waals surface area (Å²) >= 11 is 0. The Labute approximate surface area is 131 Å². The number of rotatable bonds is 2. The van der Waals surface area contributed by atoms with Crippen LogP contribution >= 0.6 is 0 Å². The van der Waals surface area contributed by atoms with Crippen LogP contribution in [0, 0.1) is 0 Å². The first-order valence-electron chi connectivity index (χ1n) is 8.08. The van der Waals surface area contributed by atoms with Gasteiger partial charge in [-0.3, -0.25) is 14.5 Å². The van der Waals surface area contributed by atoms with Crippen molar-refractivity contribution in [1.82, 2.24) is 14.7 Å². The number of amides is 2. The minimum atomic E-state index is -0.318. The predicted octanol–water partition coefficient (Wildman–Crippen LogP) is 0.953. The Morgan fingerprint density at radius 1 is 0.773 bits per heavy atom. The summed E-state index contributed by atoms with van der Waals surface area (Å²) in [5.74, 6) is -0.629. The van der Waals surface area contributed by atoms with Crippen LogP contribution in [0.2, 0.25) is 0 Å². The average molecular weight is 301 g/mol. The van der Waals surface area contributed by atoms with Crippen LogP contribution in [-0.4, -0.2) is 65.8 Å². The number of piperazine rings is 1. The van der Waals surface area contributed by atoms with E-state index in [1.54, 1.807) is 9.80 Å². The van der Waals surface area contributed by atoms with Crippen molar-refractivity contribution in [3.63, 3.8) is 0 Å². The lowest BCUT2D eigenvalue weighted by Gasteiger charge is -2.35. The third-order valence-corrected chi connectivity index (χ3v) is 4.48.